The highest BCUT2D eigenvalue weighted by atomic mass is 35.5. The molecule has 0 radical (unpaired) electrons. The molecule has 8 heteroatoms. The van der Waals surface area contributed by atoms with Crippen LogP contribution in [0.1, 0.15) is 17.0 Å². The Hall–Kier alpha value is -2.54. The topological polar surface area (TPSA) is 84.7 Å². The fourth-order valence-corrected chi connectivity index (χ4v) is 2.52. The van der Waals surface area contributed by atoms with Crippen LogP contribution in [0.3, 0.4) is 0 Å². The van der Waals surface area contributed by atoms with Crippen LogP contribution >= 0.6 is 11.6 Å². The Morgan fingerprint density at radius 1 is 1.28 bits per heavy atom. The van der Waals surface area contributed by atoms with Crippen LogP contribution in [0.25, 0.3) is 0 Å². The molecule has 25 heavy (non-hydrogen) atoms. The van der Waals surface area contributed by atoms with Crippen molar-refractivity contribution in [3.63, 3.8) is 0 Å². The van der Waals surface area contributed by atoms with Gasteiger partial charge in [-0.05, 0) is 31.5 Å². The summed E-state index contributed by atoms with van der Waals surface area (Å²) in [5.74, 6) is -0.964. The van der Waals surface area contributed by atoms with Crippen molar-refractivity contribution < 1.29 is 19.4 Å². The molecule has 0 atom stereocenters. The molecule has 2 aromatic rings. The van der Waals surface area contributed by atoms with Crippen LogP contribution in [0.2, 0.25) is 5.02 Å². The predicted molar refractivity (Wildman–Crippen MR) is 92.7 cm³/mol. The highest BCUT2D eigenvalue weighted by molar-refractivity contribution is 6.30. The summed E-state index contributed by atoms with van der Waals surface area (Å²) in [5, 5.41) is 13.9. The van der Waals surface area contributed by atoms with Crippen LogP contribution in [0.4, 0.5) is 0 Å². The summed E-state index contributed by atoms with van der Waals surface area (Å²) >= 11 is 5.84. The van der Waals surface area contributed by atoms with Crippen molar-refractivity contribution in [2.45, 2.75) is 20.4 Å². The molecule has 0 unspecified atom stereocenters. The van der Waals surface area contributed by atoms with Gasteiger partial charge >= 0.3 is 5.97 Å². The van der Waals surface area contributed by atoms with Gasteiger partial charge in [0, 0.05) is 18.6 Å². The number of amides is 1. The monoisotopic (exact) mass is 365 g/mol. The molecule has 1 N–H and O–H groups in total. The Bertz CT molecular complexity index is 771. The molecule has 0 saturated carbocycles. The van der Waals surface area contributed by atoms with Crippen LogP contribution < -0.4 is 4.74 Å². The van der Waals surface area contributed by atoms with Crippen molar-refractivity contribution in [1.82, 2.24) is 14.7 Å². The molecular formula is C17H20ClN3O4. The number of ether oxygens (including phenoxy) is 1. The van der Waals surface area contributed by atoms with Gasteiger partial charge in [-0.15, -0.1) is 0 Å². The van der Waals surface area contributed by atoms with Gasteiger partial charge in [-0.25, -0.2) is 0 Å². The first-order chi connectivity index (χ1) is 11.8. The molecule has 134 valence electrons. The summed E-state index contributed by atoms with van der Waals surface area (Å²) in [5.41, 5.74) is 2.26. The van der Waals surface area contributed by atoms with E-state index >= 15 is 0 Å². The summed E-state index contributed by atoms with van der Waals surface area (Å²) in [6, 6.07) is 6.89. The van der Waals surface area contributed by atoms with E-state index in [1.54, 1.807) is 42.9 Å². The van der Waals surface area contributed by atoms with Crippen LogP contribution in [0, 0.1) is 13.8 Å². The molecule has 0 aliphatic rings. The zero-order chi connectivity index (χ0) is 18.6. The number of hydrogen-bond acceptors (Lipinski definition) is 4. The first-order valence-electron chi connectivity index (χ1n) is 7.65. The van der Waals surface area contributed by atoms with E-state index in [0.29, 0.717) is 16.5 Å². The number of rotatable bonds is 7. The standard InChI is InChI=1S/C17H20ClN3O4/c1-11-17(12(2)20(3)19-11)25-10-15(22)21(9-16(23)24)8-13-4-6-14(18)7-5-13/h4-7H,8-10H2,1-3H3,(H,23,24). The maximum Gasteiger partial charge on any atom is 0.323 e. The predicted octanol–water partition coefficient (Wildman–Crippen LogP) is 2.18. The average molecular weight is 366 g/mol. The molecule has 1 amide bonds. The lowest BCUT2D eigenvalue weighted by atomic mass is 10.2. The lowest BCUT2D eigenvalue weighted by Gasteiger charge is -2.21. The molecule has 0 spiro atoms. The molecule has 0 aliphatic heterocycles. The number of aromatic nitrogens is 2. The number of aliphatic carboxylic acids is 1. The molecule has 1 heterocycles. The summed E-state index contributed by atoms with van der Waals surface area (Å²) in [7, 11) is 1.79. The maximum atomic E-state index is 12.4. The molecular weight excluding hydrogens is 346 g/mol. The van der Waals surface area contributed by atoms with Crippen molar-refractivity contribution in [3.8, 4) is 5.75 Å². The SMILES string of the molecule is Cc1nn(C)c(C)c1OCC(=O)N(CC(=O)O)Cc1ccc(Cl)cc1. The van der Waals surface area contributed by atoms with Gasteiger partial charge in [-0.1, -0.05) is 23.7 Å². The van der Waals surface area contributed by atoms with Gasteiger partial charge in [0.25, 0.3) is 5.91 Å². The molecule has 0 saturated heterocycles. The summed E-state index contributed by atoms with van der Waals surface area (Å²) in [6.07, 6.45) is 0. The van der Waals surface area contributed by atoms with E-state index in [1.807, 2.05) is 6.92 Å². The molecule has 0 bridgehead atoms. The smallest absolute Gasteiger partial charge is 0.323 e. The third-order valence-corrected chi connectivity index (χ3v) is 4.00. The van der Waals surface area contributed by atoms with Crippen molar-refractivity contribution >= 4 is 23.5 Å². The number of carboxylic acids is 1. The Labute approximate surface area is 150 Å². The first kappa shape index (κ1) is 18.8. The summed E-state index contributed by atoms with van der Waals surface area (Å²) in [4.78, 5) is 24.7. The second kappa shape index (κ2) is 8.02. The van der Waals surface area contributed by atoms with Gasteiger partial charge in [-0.3, -0.25) is 14.3 Å². The van der Waals surface area contributed by atoms with Crippen molar-refractivity contribution in [3.05, 3.63) is 46.2 Å². The number of hydrogen-bond donors (Lipinski definition) is 1. The van der Waals surface area contributed by atoms with E-state index in [-0.39, 0.29) is 13.2 Å². The van der Waals surface area contributed by atoms with Crippen molar-refractivity contribution in [2.75, 3.05) is 13.2 Å². The van der Waals surface area contributed by atoms with E-state index in [9.17, 15) is 9.59 Å². The van der Waals surface area contributed by atoms with Gasteiger partial charge in [0.1, 0.15) is 12.2 Å². The normalized spacial score (nSPS) is 10.6. The minimum absolute atomic E-state index is 0.163. The first-order valence-corrected chi connectivity index (χ1v) is 8.02. The number of carbonyl (C=O) groups excluding carboxylic acids is 1. The highest BCUT2D eigenvalue weighted by Crippen LogP contribution is 2.21. The van der Waals surface area contributed by atoms with Gasteiger partial charge in [0.05, 0.1) is 5.69 Å². The number of benzene rings is 1. The summed E-state index contributed by atoms with van der Waals surface area (Å²) < 4.78 is 7.25. The minimum Gasteiger partial charge on any atom is -0.480 e. The molecule has 7 nitrogen and oxygen atoms in total. The van der Waals surface area contributed by atoms with Crippen LogP contribution in [0.15, 0.2) is 24.3 Å². The van der Waals surface area contributed by atoms with Crippen molar-refractivity contribution in [1.29, 1.82) is 0 Å². The number of aryl methyl sites for hydroxylation is 2. The molecule has 1 aromatic heterocycles. The van der Waals surface area contributed by atoms with Crippen molar-refractivity contribution in [2.24, 2.45) is 7.05 Å². The van der Waals surface area contributed by atoms with Gasteiger partial charge in [-0.2, -0.15) is 5.10 Å². The molecule has 1 aromatic carbocycles. The Morgan fingerprint density at radius 2 is 1.92 bits per heavy atom. The average Bonchev–Trinajstić information content (AvgIpc) is 2.79. The van der Waals surface area contributed by atoms with Gasteiger partial charge < -0.3 is 14.7 Å². The number of carbonyl (C=O) groups is 2. The second-order valence-corrected chi connectivity index (χ2v) is 6.12. The number of nitrogens with zero attached hydrogens (tertiary/aromatic N) is 3. The minimum atomic E-state index is -1.09. The second-order valence-electron chi connectivity index (χ2n) is 5.68. The van der Waals surface area contributed by atoms with E-state index in [2.05, 4.69) is 5.10 Å². The van der Waals surface area contributed by atoms with Gasteiger partial charge in [0.2, 0.25) is 0 Å². The number of carboxylic acid groups (broad SMARTS) is 1. The van der Waals surface area contributed by atoms with E-state index in [1.165, 1.54) is 4.90 Å². The Morgan fingerprint density at radius 3 is 2.44 bits per heavy atom. The van der Waals surface area contributed by atoms with Crippen LogP contribution in [-0.4, -0.2) is 44.8 Å². The number of halogens is 1. The van der Waals surface area contributed by atoms with Gasteiger partial charge in [0.15, 0.2) is 12.4 Å². The largest absolute Gasteiger partial charge is 0.480 e. The third kappa shape index (κ3) is 4.96. The summed E-state index contributed by atoms with van der Waals surface area (Å²) in [6.45, 7) is 3.12. The Balaban J connectivity index is 2.07. The Kier molecular flexibility index (Phi) is 6.03. The molecule has 2 rings (SSSR count). The fourth-order valence-electron chi connectivity index (χ4n) is 2.39. The third-order valence-electron chi connectivity index (χ3n) is 3.75. The van der Waals surface area contributed by atoms with E-state index in [0.717, 1.165) is 11.3 Å². The highest BCUT2D eigenvalue weighted by Gasteiger charge is 2.19. The quantitative estimate of drug-likeness (QED) is 0.813. The fraction of sp³-hybridized carbons (Fsp3) is 0.353. The zero-order valence-electron chi connectivity index (χ0n) is 14.3. The van der Waals surface area contributed by atoms with Crippen LogP contribution in [0.5, 0.6) is 5.75 Å². The van der Waals surface area contributed by atoms with Crippen LogP contribution in [-0.2, 0) is 23.2 Å². The molecule has 0 aliphatic carbocycles. The zero-order valence-corrected chi connectivity index (χ0v) is 15.1. The lowest BCUT2D eigenvalue weighted by Crippen LogP contribution is -2.38. The maximum absolute atomic E-state index is 12.4. The lowest BCUT2D eigenvalue weighted by molar-refractivity contribution is -0.145. The van der Waals surface area contributed by atoms with E-state index < -0.39 is 18.4 Å². The van der Waals surface area contributed by atoms with E-state index in [4.69, 9.17) is 21.4 Å². The molecule has 0 fully saturated rings.